The number of nitrogens with one attached hydrogen (secondary N) is 1. The molecule has 10 heteroatoms. The first kappa shape index (κ1) is 27.5. The number of aryl methyl sites for hydroxylation is 1. The summed E-state index contributed by atoms with van der Waals surface area (Å²) in [7, 11) is -3.84. The fourth-order valence-corrected chi connectivity index (χ4v) is 6.32. The number of primary sulfonamides is 1. The third-order valence-corrected chi connectivity index (χ3v) is 8.74. The molecule has 0 aliphatic carbocycles. The zero-order valence-electron chi connectivity index (χ0n) is 22.6. The van der Waals surface area contributed by atoms with Crippen molar-refractivity contribution in [1.82, 2.24) is 4.90 Å². The van der Waals surface area contributed by atoms with Gasteiger partial charge in [-0.25, -0.2) is 13.6 Å². The largest absolute Gasteiger partial charge is 0.382 e. The highest BCUT2D eigenvalue weighted by Gasteiger charge is 2.27. The van der Waals surface area contributed by atoms with Gasteiger partial charge in [0.25, 0.3) is 5.91 Å². The number of rotatable bonds is 6. The highest BCUT2D eigenvalue weighted by molar-refractivity contribution is 7.89. The Morgan fingerprint density at radius 3 is 2.20 bits per heavy atom. The van der Waals surface area contributed by atoms with Crippen LogP contribution in [0.15, 0.2) is 71.6 Å². The second kappa shape index (κ2) is 11.6. The molecule has 40 heavy (non-hydrogen) atoms. The number of anilines is 3. The number of para-hydroxylation sites is 2. The molecular weight excluding hydrogens is 524 g/mol. The van der Waals surface area contributed by atoms with Crippen LogP contribution in [-0.4, -0.2) is 64.5 Å². The SMILES string of the molecule is Cc1ccc(NC2CCN(c3ccccc3C#N)CC2)cc1C(=O)N1CCN(c2ccccc2S(N)(=O)=O)CC1. The van der Waals surface area contributed by atoms with Crippen molar-refractivity contribution in [3.63, 3.8) is 0 Å². The summed E-state index contributed by atoms with van der Waals surface area (Å²) in [4.78, 5) is 19.7. The molecule has 0 unspecified atom stereocenters. The maximum absolute atomic E-state index is 13.5. The van der Waals surface area contributed by atoms with Crippen molar-refractivity contribution in [2.75, 3.05) is 54.4 Å². The van der Waals surface area contributed by atoms with Crippen LogP contribution in [-0.2, 0) is 10.0 Å². The molecule has 2 fully saturated rings. The van der Waals surface area contributed by atoms with Gasteiger partial charge in [-0.05, 0) is 61.7 Å². The first-order valence-corrected chi connectivity index (χ1v) is 15.1. The molecule has 0 bridgehead atoms. The van der Waals surface area contributed by atoms with Crippen LogP contribution in [0.1, 0.15) is 34.3 Å². The summed E-state index contributed by atoms with van der Waals surface area (Å²) in [5.74, 6) is -0.0246. The maximum Gasteiger partial charge on any atom is 0.254 e. The molecule has 0 radical (unpaired) electrons. The number of sulfonamides is 1. The Morgan fingerprint density at radius 1 is 0.900 bits per heavy atom. The second-order valence-electron chi connectivity index (χ2n) is 10.4. The summed E-state index contributed by atoms with van der Waals surface area (Å²) in [5, 5.41) is 18.5. The van der Waals surface area contributed by atoms with E-state index in [4.69, 9.17) is 5.14 Å². The monoisotopic (exact) mass is 558 g/mol. The molecule has 208 valence electrons. The Kier molecular flexibility index (Phi) is 7.96. The van der Waals surface area contributed by atoms with E-state index in [0.717, 1.165) is 42.9 Å². The quantitative estimate of drug-likeness (QED) is 0.474. The lowest BCUT2D eigenvalue weighted by molar-refractivity contribution is 0.0746. The van der Waals surface area contributed by atoms with Crippen molar-refractivity contribution >= 4 is 33.0 Å². The predicted molar refractivity (Wildman–Crippen MR) is 157 cm³/mol. The van der Waals surface area contributed by atoms with E-state index < -0.39 is 10.0 Å². The van der Waals surface area contributed by atoms with E-state index in [2.05, 4.69) is 16.3 Å². The summed E-state index contributed by atoms with van der Waals surface area (Å²) in [6.45, 7) is 5.65. The molecule has 0 spiro atoms. The summed E-state index contributed by atoms with van der Waals surface area (Å²) >= 11 is 0. The topological polar surface area (TPSA) is 123 Å². The normalized spacial score (nSPS) is 16.5. The van der Waals surface area contributed by atoms with Gasteiger partial charge in [-0.15, -0.1) is 0 Å². The lowest BCUT2D eigenvalue weighted by atomic mass is 10.0. The number of nitrogens with zero attached hydrogens (tertiary/aromatic N) is 4. The molecule has 9 nitrogen and oxygen atoms in total. The summed E-state index contributed by atoms with van der Waals surface area (Å²) in [5.41, 5.74) is 4.77. The number of benzene rings is 3. The number of hydrogen-bond acceptors (Lipinski definition) is 7. The molecule has 2 aliphatic rings. The Labute approximate surface area is 235 Å². The summed E-state index contributed by atoms with van der Waals surface area (Å²) in [6.07, 6.45) is 1.86. The van der Waals surface area contributed by atoms with Gasteiger partial charge >= 0.3 is 0 Å². The van der Waals surface area contributed by atoms with Crippen molar-refractivity contribution in [3.8, 4) is 6.07 Å². The lowest BCUT2D eigenvalue weighted by Crippen LogP contribution is -2.49. The smallest absolute Gasteiger partial charge is 0.254 e. The van der Waals surface area contributed by atoms with Gasteiger partial charge in [0, 0.05) is 56.6 Å². The lowest BCUT2D eigenvalue weighted by Gasteiger charge is -2.37. The molecule has 3 aromatic rings. The average Bonchev–Trinajstić information content (AvgIpc) is 2.98. The van der Waals surface area contributed by atoms with E-state index in [1.807, 2.05) is 59.2 Å². The number of amides is 1. The molecule has 2 heterocycles. The molecule has 3 aromatic carbocycles. The Bertz CT molecular complexity index is 1530. The van der Waals surface area contributed by atoms with E-state index in [0.29, 0.717) is 43.0 Å². The van der Waals surface area contributed by atoms with Crippen LogP contribution in [0, 0.1) is 18.3 Å². The van der Waals surface area contributed by atoms with Crippen molar-refractivity contribution < 1.29 is 13.2 Å². The van der Waals surface area contributed by atoms with Gasteiger partial charge in [0.05, 0.1) is 16.9 Å². The highest BCUT2D eigenvalue weighted by Crippen LogP contribution is 2.28. The van der Waals surface area contributed by atoms with Gasteiger partial charge in [0.1, 0.15) is 11.0 Å². The highest BCUT2D eigenvalue weighted by atomic mass is 32.2. The molecule has 0 aromatic heterocycles. The zero-order valence-corrected chi connectivity index (χ0v) is 23.4. The van der Waals surface area contributed by atoms with Gasteiger partial charge in [-0.1, -0.05) is 30.3 Å². The fraction of sp³-hybridized carbons (Fsp3) is 0.333. The number of nitriles is 1. The van der Waals surface area contributed by atoms with E-state index >= 15 is 0 Å². The maximum atomic E-state index is 13.5. The van der Waals surface area contributed by atoms with Crippen molar-refractivity contribution in [2.45, 2.75) is 30.7 Å². The van der Waals surface area contributed by atoms with Crippen LogP contribution in [0.4, 0.5) is 17.1 Å². The Balaban J connectivity index is 1.21. The van der Waals surface area contributed by atoms with Crippen LogP contribution in [0.3, 0.4) is 0 Å². The number of piperidine rings is 1. The predicted octanol–water partition coefficient (Wildman–Crippen LogP) is 3.56. The van der Waals surface area contributed by atoms with Crippen molar-refractivity contribution in [2.24, 2.45) is 5.14 Å². The van der Waals surface area contributed by atoms with Gasteiger partial charge in [-0.2, -0.15) is 5.26 Å². The summed E-state index contributed by atoms with van der Waals surface area (Å²) < 4.78 is 24.1. The van der Waals surface area contributed by atoms with Crippen LogP contribution in [0.2, 0.25) is 0 Å². The van der Waals surface area contributed by atoms with E-state index in [-0.39, 0.29) is 16.8 Å². The molecule has 3 N–H and O–H groups in total. The molecular formula is C30H34N6O3S. The van der Waals surface area contributed by atoms with Gasteiger partial charge in [0.15, 0.2) is 0 Å². The van der Waals surface area contributed by atoms with Gasteiger partial charge in [-0.3, -0.25) is 4.79 Å². The minimum absolute atomic E-state index is 0.0246. The van der Waals surface area contributed by atoms with Crippen LogP contribution < -0.4 is 20.3 Å². The van der Waals surface area contributed by atoms with Crippen LogP contribution in [0.5, 0.6) is 0 Å². The Morgan fingerprint density at radius 2 is 1.52 bits per heavy atom. The number of hydrogen-bond donors (Lipinski definition) is 2. The third kappa shape index (κ3) is 5.91. The minimum atomic E-state index is -3.84. The number of carbonyl (C=O) groups excluding carboxylic acids is 1. The van der Waals surface area contributed by atoms with Crippen molar-refractivity contribution in [1.29, 1.82) is 5.26 Å². The van der Waals surface area contributed by atoms with Gasteiger partial charge < -0.3 is 20.0 Å². The standard InChI is InChI=1S/C30H34N6O3S/c1-22-10-11-25(33-24-12-14-34(15-13-24)27-7-3-2-6-23(27)21-31)20-26(22)30(37)36-18-16-35(17-19-36)28-8-4-5-9-29(28)40(32,38)39/h2-11,20,24,33H,12-19H2,1H3,(H2,32,38,39). The number of nitrogens with two attached hydrogens (primary N) is 1. The fourth-order valence-electron chi connectivity index (χ4n) is 5.57. The molecule has 5 rings (SSSR count). The van der Waals surface area contributed by atoms with Crippen LogP contribution in [0.25, 0.3) is 0 Å². The molecule has 1 amide bonds. The summed E-state index contributed by atoms with van der Waals surface area (Å²) in [6, 6.07) is 22.9. The molecule has 0 atom stereocenters. The number of piperazine rings is 1. The zero-order chi connectivity index (χ0) is 28.3. The number of carbonyl (C=O) groups is 1. The molecule has 2 saturated heterocycles. The Hall–Kier alpha value is -4.07. The minimum Gasteiger partial charge on any atom is -0.382 e. The van der Waals surface area contributed by atoms with Crippen LogP contribution >= 0.6 is 0 Å². The average molecular weight is 559 g/mol. The second-order valence-corrected chi connectivity index (χ2v) is 11.9. The van der Waals surface area contributed by atoms with E-state index in [1.165, 1.54) is 6.07 Å². The van der Waals surface area contributed by atoms with Crippen molar-refractivity contribution in [3.05, 3.63) is 83.4 Å². The van der Waals surface area contributed by atoms with E-state index in [1.54, 1.807) is 18.2 Å². The first-order chi connectivity index (χ1) is 19.2. The molecule has 2 aliphatic heterocycles. The van der Waals surface area contributed by atoms with E-state index in [9.17, 15) is 18.5 Å². The molecule has 0 saturated carbocycles. The van der Waals surface area contributed by atoms with Gasteiger partial charge in [0.2, 0.25) is 10.0 Å². The third-order valence-electron chi connectivity index (χ3n) is 7.78. The first-order valence-electron chi connectivity index (χ1n) is 13.5.